The first kappa shape index (κ1) is 20.2. The number of hydrogen-bond acceptors (Lipinski definition) is 7. The molecule has 2 N–H and O–H groups in total. The zero-order valence-corrected chi connectivity index (χ0v) is 17.3. The summed E-state index contributed by atoms with van der Waals surface area (Å²) in [5.41, 5.74) is 6.62. The first-order valence-electron chi connectivity index (χ1n) is 10.2. The molecule has 4 rings (SSSR count). The number of rotatable bonds is 3. The van der Waals surface area contributed by atoms with Crippen LogP contribution in [0.5, 0.6) is 5.75 Å². The largest absolute Gasteiger partial charge is 0.485 e. The number of fused-ring (bicyclic) bond motifs is 1. The Morgan fingerprint density at radius 3 is 2.67 bits per heavy atom. The number of anilines is 1. The molecule has 160 valence electrons. The molecule has 0 bridgehead atoms. The smallest absolute Gasteiger partial charge is 0.228 e. The Labute approximate surface area is 175 Å². The van der Waals surface area contributed by atoms with Crippen LogP contribution in [0.1, 0.15) is 43.9 Å². The molecule has 2 amide bonds. The average molecular weight is 413 g/mol. The fourth-order valence-corrected chi connectivity index (χ4v) is 4.42. The van der Waals surface area contributed by atoms with Crippen molar-refractivity contribution >= 4 is 17.6 Å². The van der Waals surface area contributed by atoms with Gasteiger partial charge in [0.05, 0.1) is 13.0 Å². The molecule has 1 aliphatic heterocycles. The van der Waals surface area contributed by atoms with Crippen LogP contribution in [0.25, 0.3) is 0 Å². The molecule has 0 saturated heterocycles. The van der Waals surface area contributed by atoms with Gasteiger partial charge in [-0.05, 0) is 36.9 Å². The molecule has 1 saturated carbocycles. The number of para-hydroxylation sites is 1. The van der Waals surface area contributed by atoms with E-state index < -0.39 is 5.60 Å². The summed E-state index contributed by atoms with van der Waals surface area (Å²) in [4.78, 5) is 28.5. The number of nitrogen functional groups attached to an aromatic ring is 1. The van der Waals surface area contributed by atoms with Crippen LogP contribution >= 0.6 is 0 Å². The predicted octanol–water partition coefficient (Wildman–Crippen LogP) is 1.78. The van der Waals surface area contributed by atoms with Crippen molar-refractivity contribution in [3.05, 3.63) is 35.5 Å². The minimum atomic E-state index is -0.431. The Balaban J connectivity index is 1.45. The summed E-state index contributed by atoms with van der Waals surface area (Å²) in [5.74, 6) is 0.964. The predicted molar refractivity (Wildman–Crippen MR) is 108 cm³/mol. The summed E-state index contributed by atoms with van der Waals surface area (Å²) < 4.78 is 11.1. The average Bonchev–Trinajstić information content (AvgIpc) is 3.05. The fourth-order valence-electron chi connectivity index (χ4n) is 4.42. The van der Waals surface area contributed by atoms with Crippen molar-refractivity contribution in [3.63, 3.8) is 0 Å². The van der Waals surface area contributed by atoms with Crippen LogP contribution in [0.3, 0.4) is 0 Å². The quantitative estimate of drug-likeness (QED) is 0.815. The number of hydrogen-bond donors (Lipinski definition) is 1. The van der Waals surface area contributed by atoms with Crippen molar-refractivity contribution in [2.24, 2.45) is 0 Å². The van der Waals surface area contributed by atoms with Crippen LogP contribution in [0.2, 0.25) is 0 Å². The fraction of sp³-hybridized carbons (Fsp3) is 0.524. The van der Waals surface area contributed by atoms with Gasteiger partial charge >= 0.3 is 0 Å². The highest BCUT2D eigenvalue weighted by Gasteiger charge is 2.43. The summed E-state index contributed by atoms with van der Waals surface area (Å²) in [6, 6.07) is 7.99. The van der Waals surface area contributed by atoms with E-state index >= 15 is 0 Å². The van der Waals surface area contributed by atoms with Gasteiger partial charge in [0.15, 0.2) is 5.82 Å². The molecule has 2 heterocycles. The summed E-state index contributed by atoms with van der Waals surface area (Å²) in [7, 11) is 1.81. The number of nitrogens with two attached hydrogens (primary N) is 1. The minimum absolute atomic E-state index is 0.0444. The summed E-state index contributed by atoms with van der Waals surface area (Å²) in [6.07, 6.45) is 3.18. The Morgan fingerprint density at radius 2 is 2.00 bits per heavy atom. The van der Waals surface area contributed by atoms with E-state index in [0.29, 0.717) is 18.8 Å². The topological polar surface area (TPSA) is 115 Å². The van der Waals surface area contributed by atoms with Gasteiger partial charge in [0, 0.05) is 32.1 Å². The highest BCUT2D eigenvalue weighted by Crippen LogP contribution is 2.39. The molecule has 2 aliphatic rings. The van der Waals surface area contributed by atoms with E-state index in [1.807, 2.05) is 29.2 Å². The second-order valence-corrected chi connectivity index (χ2v) is 8.28. The normalized spacial score (nSPS) is 23.4. The Kier molecular flexibility index (Phi) is 5.36. The number of aromatic nitrogens is 2. The van der Waals surface area contributed by atoms with Gasteiger partial charge in [-0.25, -0.2) is 4.63 Å². The van der Waals surface area contributed by atoms with Crippen molar-refractivity contribution in [1.29, 1.82) is 0 Å². The Bertz CT molecular complexity index is 935. The lowest BCUT2D eigenvalue weighted by atomic mass is 9.81. The molecule has 1 spiro atoms. The van der Waals surface area contributed by atoms with Gasteiger partial charge in [-0.1, -0.05) is 23.4 Å². The number of carbonyl (C=O) groups is 2. The van der Waals surface area contributed by atoms with E-state index in [1.54, 1.807) is 18.9 Å². The molecule has 1 fully saturated rings. The van der Waals surface area contributed by atoms with Gasteiger partial charge in [0.1, 0.15) is 17.0 Å². The molecular weight excluding hydrogens is 386 g/mol. The lowest BCUT2D eigenvalue weighted by molar-refractivity contribution is -0.134. The maximum Gasteiger partial charge on any atom is 0.228 e. The van der Waals surface area contributed by atoms with Crippen LogP contribution in [-0.2, 0) is 22.6 Å². The van der Waals surface area contributed by atoms with E-state index in [1.165, 1.54) is 0 Å². The van der Waals surface area contributed by atoms with Gasteiger partial charge < -0.3 is 20.3 Å². The zero-order chi connectivity index (χ0) is 21.3. The number of amides is 2. The third-order valence-corrected chi connectivity index (χ3v) is 6.30. The van der Waals surface area contributed by atoms with Crippen LogP contribution in [0.15, 0.2) is 28.9 Å². The number of nitrogens with zero attached hydrogens (tertiary/aromatic N) is 4. The molecule has 1 aromatic heterocycles. The number of likely N-dealkylation sites (N-methyl/N-ethyl adjacent to an activating group) is 1. The van der Waals surface area contributed by atoms with Crippen LogP contribution in [0, 0.1) is 0 Å². The molecule has 1 aliphatic carbocycles. The standard InChI is InChI=1S/C21H27N5O4/c1-14(27)26-12-15-5-3-4-6-18(15)29-21(13-26)9-7-16(8-10-21)25(2)19(28)11-17-20(22)24-30-23-17/h3-6,16H,7-13H2,1-2H3,(H2,22,24). The molecule has 9 heteroatoms. The second kappa shape index (κ2) is 7.97. The van der Waals surface area contributed by atoms with Gasteiger partial charge in [0.25, 0.3) is 0 Å². The van der Waals surface area contributed by atoms with Gasteiger partial charge in [-0.15, -0.1) is 0 Å². The summed E-state index contributed by atoms with van der Waals surface area (Å²) in [5, 5.41) is 7.21. The third kappa shape index (κ3) is 3.96. The van der Waals surface area contributed by atoms with Gasteiger partial charge in [0.2, 0.25) is 11.8 Å². The van der Waals surface area contributed by atoms with E-state index in [0.717, 1.165) is 37.0 Å². The maximum atomic E-state index is 12.7. The van der Waals surface area contributed by atoms with E-state index in [-0.39, 0.29) is 30.1 Å². The third-order valence-electron chi connectivity index (χ3n) is 6.30. The Hall–Kier alpha value is -3.10. The van der Waals surface area contributed by atoms with Crippen LogP contribution < -0.4 is 10.5 Å². The van der Waals surface area contributed by atoms with Crippen molar-refractivity contribution in [2.45, 2.75) is 57.2 Å². The van der Waals surface area contributed by atoms with Crippen molar-refractivity contribution in [3.8, 4) is 5.75 Å². The number of benzene rings is 1. The monoisotopic (exact) mass is 413 g/mol. The van der Waals surface area contributed by atoms with Gasteiger partial charge in [-0.3, -0.25) is 9.59 Å². The van der Waals surface area contributed by atoms with E-state index in [9.17, 15) is 9.59 Å². The first-order valence-corrected chi connectivity index (χ1v) is 10.2. The zero-order valence-electron chi connectivity index (χ0n) is 17.3. The van der Waals surface area contributed by atoms with Crippen molar-refractivity contribution in [1.82, 2.24) is 20.1 Å². The molecule has 0 radical (unpaired) electrons. The van der Waals surface area contributed by atoms with E-state index in [2.05, 4.69) is 14.9 Å². The van der Waals surface area contributed by atoms with Crippen LogP contribution in [0.4, 0.5) is 5.82 Å². The maximum absolute atomic E-state index is 12.7. The lowest BCUT2D eigenvalue weighted by Crippen LogP contribution is -2.52. The summed E-state index contributed by atoms with van der Waals surface area (Å²) >= 11 is 0. The van der Waals surface area contributed by atoms with Crippen molar-refractivity contribution in [2.75, 3.05) is 19.3 Å². The highest BCUT2D eigenvalue weighted by molar-refractivity contribution is 5.79. The van der Waals surface area contributed by atoms with Crippen LogP contribution in [-0.4, -0.2) is 57.2 Å². The molecule has 2 aromatic rings. The molecule has 0 atom stereocenters. The van der Waals surface area contributed by atoms with Gasteiger partial charge in [-0.2, -0.15) is 0 Å². The molecular formula is C21H27N5O4. The minimum Gasteiger partial charge on any atom is -0.485 e. The molecule has 30 heavy (non-hydrogen) atoms. The molecule has 1 aromatic carbocycles. The molecule has 9 nitrogen and oxygen atoms in total. The number of ether oxygens (including phenoxy) is 1. The second-order valence-electron chi connectivity index (χ2n) is 8.28. The molecule has 0 unspecified atom stereocenters. The Morgan fingerprint density at radius 1 is 1.27 bits per heavy atom. The SMILES string of the molecule is CC(=O)N1Cc2ccccc2OC2(CCC(N(C)C(=O)Cc3nonc3N)CC2)C1. The number of carbonyl (C=O) groups excluding carboxylic acids is 2. The van der Waals surface area contributed by atoms with Crippen molar-refractivity contribution < 1.29 is 19.0 Å². The lowest BCUT2D eigenvalue weighted by Gasteiger charge is -2.43. The van der Waals surface area contributed by atoms with E-state index in [4.69, 9.17) is 10.5 Å². The first-order chi connectivity index (χ1) is 14.4. The highest BCUT2D eigenvalue weighted by atomic mass is 16.6. The summed E-state index contributed by atoms with van der Waals surface area (Å²) in [6.45, 7) is 2.72.